The van der Waals surface area contributed by atoms with Gasteiger partial charge in [0.1, 0.15) is 0 Å². The molecule has 2 rings (SSSR count). The summed E-state index contributed by atoms with van der Waals surface area (Å²) in [6.07, 6.45) is 1.68. The van der Waals surface area contributed by atoms with Crippen molar-refractivity contribution in [3.05, 3.63) is 29.8 Å². The molecule has 1 aromatic carbocycles. The average Bonchev–Trinajstić information content (AvgIpc) is 2.72. The zero-order chi connectivity index (χ0) is 15.4. The molecular formula is C14H16N2O4S. The third kappa shape index (κ3) is 3.55. The number of unbranched alkanes of at least 4 members (excludes halogenated alkanes) is 1. The van der Waals surface area contributed by atoms with Gasteiger partial charge in [0, 0.05) is 12.2 Å². The number of thioether (sulfide) groups is 1. The van der Waals surface area contributed by atoms with E-state index in [4.69, 9.17) is 5.11 Å². The number of imide groups is 1. The Labute approximate surface area is 126 Å². The van der Waals surface area contributed by atoms with Crippen molar-refractivity contribution >= 4 is 34.6 Å². The van der Waals surface area contributed by atoms with E-state index in [1.165, 1.54) is 17.0 Å². The van der Waals surface area contributed by atoms with Gasteiger partial charge in [0.15, 0.2) is 5.37 Å². The number of anilines is 1. The van der Waals surface area contributed by atoms with E-state index in [0.29, 0.717) is 12.2 Å². The molecule has 7 heteroatoms. The zero-order valence-corrected chi connectivity index (χ0v) is 12.4. The van der Waals surface area contributed by atoms with Crippen LogP contribution in [0.1, 0.15) is 30.1 Å². The summed E-state index contributed by atoms with van der Waals surface area (Å²) in [5.74, 6) is -1.32. The minimum atomic E-state index is -1.04. The molecule has 0 radical (unpaired) electrons. The third-order valence-corrected chi connectivity index (χ3v) is 4.05. The molecule has 112 valence electrons. The van der Waals surface area contributed by atoms with E-state index in [2.05, 4.69) is 5.32 Å². The number of benzene rings is 1. The largest absolute Gasteiger partial charge is 0.478 e. The summed E-state index contributed by atoms with van der Waals surface area (Å²) in [7, 11) is 0. The van der Waals surface area contributed by atoms with Crippen LogP contribution in [0.4, 0.5) is 10.5 Å². The topological polar surface area (TPSA) is 86.7 Å². The summed E-state index contributed by atoms with van der Waals surface area (Å²) in [5, 5.41) is 10.9. The molecule has 2 N–H and O–H groups in total. The molecule has 1 saturated heterocycles. The van der Waals surface area contributed by atoms with Gasteiger partial charge in [0.05, 0.1) is 5.56 Å². The fraction of sp³-hybridized carbons (Fsp3) is 0.357. The van der Waals surface area contributed by atoms with Crippen LogP contribution in [0.15, 0.2) is 24.3 Å². The van der Waals surface area contributed by atoms with Gasteiger partial charge in [-0.15, -0.1) is 0 Å². The Morgan fingerprint density at radius 1 is 1.43 bits per heavy atom. The van der Waals surface area contributed by atoms with Gasteiger partial charge in [0.25, 0.3) is 11.1 Å². The Morgan fingerprint density at radius 2 is 2.19 bits per heavy atom. The average molecular weight is 308 g/mol. The first-order valence-corrected chi connectivity index (χ1v) is 7.52. The Balaban J connectivity index is 2.07. The van der Waals surface area contributed by atoms with Gasteiger partial charge in [0.2, 0.25) is 0 Å². The van der Waals surface area contributed by atoms with Crippen molar-refractivity contribution in [1.82, 2.24) is 4.90 Å². The molecule has 1 heterocycles. The highest BCUT2D eigenvalue weighted by atomic mass is 32.2. The number of carboxylic acids is 1. The Kier molecular flexibility index (Phi) is 4.85. The van der Waals surface area contributed by atoms with Gasteiger partial charge < -0.3 is 10.4 Å². The maximum atomic E-state index is 12.2. The molecule has 0 spiro atoms. The molecule has 1 aliphatic rings. The van der Waals surface area contributed by atoms with E-state index in [9.17, 15) is 14.4 Å². The van der Waals surface area contributed by atoms with E-state index in [-0.39, 0.29) is 16.7 Å². The molecule has 0 aromatic heterocycles. The fourth-order valence-corrected chi connectivity index (χ4v) is 2.88. The molecule has 0 saturated carbocycles. The Hall–Kier alpha value is -2.02. The van der Waals surface area contributed by atoms with Crippen molar-refractivity contribution in [3.63, 3.8) is 0 Å². The quantitative estimate of drug-likeness (QED) is 0.840. The van der Waals surface area contributed by atoms with E-state index in [0.717, 1.165) is 24.6 Å². The number of hydrogen-bond donors (Lipinski definition) is 2. The van der Waals surface area contributed by atoms with Crippen molar-refractivity contribution in [2.45, 2.75) is 25.1 Å². The molecule has 1 atom stereocenters. The fourth-order valence-electron chi connectivity index (χ4n) is 1.95. The van der Waals surface area contributed by atoms with Crippen LogP contribution in [0.5, 0.6) is 0 Å². The summed E-state index contributed by atoms with van der Waals surface area (Å²) in [5.41, 5.74) is 0.635. The van der Waals surface area contributed by atoms with Crippen LogP contribution in [0.2, 0.25) is 0 Å². The first-order valence-electron chi connectivity index (χ1n) is 6.65. The highest BCUT2D eigenvalue weighted by Crippen LogP contribution is 2.28. The number of nitrogens with zero attached hydrogens (tertiary/aromatic N) is 1. The van der Waals surface area contributed by atoms with Gasteiger partial charge in [-0.05, 0) is 36.4 Å². The molecule has 6 nitrogen and oxygen atoms in total. The maximum Gasteiger partial charge on any atom is 0.335 e. The van der Waals surface area contributed by atoms with Crippen molar-refractivity contribution in [2.75, 3.05) is 11.9 Å². The second-order valence-corrected chi connectivity index (χ2v) is 5.69. The van der Waals surface area contributed by atoms with Crippen molar-refractivity contribution in [2.24, 2.45) is 0 Å². The van der Waals surface area contributed by atoms with E-state index < -0.39 is 11.3 Å². The minimum Gasteiger partial charge on any atom is -0.478 e. The van der Waals surface area contributed by atoms with Crippen LogP contribution in [0.3, 0.4) is 0 Å². The molecule has 1 fully saturated rings. The smallest absolute Gasteiger partial charge is 0.335 e. The van der Waals surface area contributed by atoms with Gasteiger partial charge in [-0.3, -0.25) is 14.5 Å². The first-order chi connectivity index (χ1) is 10.0. The lowest BCUT2D eigenvalue weighted by Gasteiger charge is -2.14. The number of rotatable bonds is 6. The second-order valence-electron chi connectivity index (χ2n) is 4.64. The summed E-state index contributed by atoms with van der Waals surface area (Å²) < 4.78 is 0. The molecule has 2 amide bonds. The molecule has 1 aromatic rings. The Morgan fingerprint density at radius 3 is 2.86 bits per heavy atom. The number of amides is 2. The molecule has 1 aliphatic heterocycles. The molecular weight excluding hydrogens is 292 g/mol. The molecule has 21 heavy (non-hydrogen) atoms. The minimum absolute atomic E-state index is 0.129. The van der Waals surface area contributed by atoms with Crippen LogP contribution in [-0.4, -0.2) is 39.0 Å². The standard InChI is InChI=1S/C14H16N2O4S/c1-2-3-7-16-12(17)11(21-14(16)20)15-10-6-4-5-9(8-10)13(18)19/h4-6,8,11,15H,2-3,7H2,1H3,(H,18,19)/t11-/m1/s1. The van der Waals surface area contributed by atoms with E-state index >= 15 is 0 Å². The lowest BCUT2D eigenvalue weighted by atomic mass is 10.2. The molecule has 0 bridgehead atoms. The van der Waals surface area contributed by atoms with Gasteiger partial charge in [-0.25, -0.2) is 4.79 Å². The monoisotopic (exact) mass is 308 g/mol. The predicted octanol–water partition coefficient (Wildman–Crippen LogP) is 2.62. The van der Waals surface area contributed by atoms with Crippen molar-refractivity contribution in [3.8, 4) is 0 Å². The van der Waals surface area contributed by atoms with Crippen molar-refractivity contribution in [1.29, 1.82) is 0 Å². The summed E-state index contributed by atoms with van der Waals surface area (Å²) in [4.78, 5) is 36.1. The lowest BCUT2D eigenvalue weighted by molar-refractivity contribution is -0.126. The number of carbonyl (C=O) groups excluding carboxylic acids is 2. The van der Waals surface area contributed by atoms with E-state index in [1.54, 1.807) is 12.1 Å². The summed E-state index contributed by atoms with van der Waals surface area (Å²) in [6, 6.07) is 6.16. The lowest BCUT2D eigenvalue weighted by Crippen LogP contribution is -2.35. The number of aromatic carboxylic acids is 1. The normalized spacial score (nSPS) is 18.1. The zero-order valence-electron chi connectivity index (χ0n) is 11.5. The third-order valence-electron chi connectivity index (χ3n) is 3.07. The number of carboxylic acid groups (broad SMARTS) is 1. The highest BCUT2D eigenvalue weighted by Gasteiger charge is 2.39. The first kappa shape index (κ1) is 15.4. The number of nitrogens with one attached hydrogen (secondary N) is 1. The van der Waals surface area contributed by atoms with Crippen LogP contribution in [0.25, 0.3) is 0 Å². The summed E-state index contributed by atoms with van der Waals surface area (Å²) in [6.45, 7) is 2.42. The summed E-state index contributed by atoms with van der Waals surface area (Å²) >= 11 is 0.920. The van der Waals surface area contributed by atoms with Gasteiger partial charge in [-0.1, -0.05) is 19.4 Å². The van der Waals surface area contributed by atoms with Gasteiger partial charge in [-0.2, -0.15) is 0 Å². The SMILES string of the molecule is CCCCN1C(=O)S[C@@H](Nc2cccc(C(=O)O)c2)C1=O. The second kappa shape index (κ2) is 6.62. The van der Waals surface area contributed by atoms with Gasteiger partial charge >= 0.3 is 5.97 Å². The molecule has 0 unspecified atom stereocenters. The Bertz CT molecular complexity index is 576. The number of hydrogen-bond acceptors (Lipinski definition) is 5. The molecule has 0 aliphatic carbocycles. The van der Waals surface area contributed by atoms with Crippen LogP contribution < -0.4 is 5.32 Å². The van der Waals surface area contributed by atoms with Crippen molar-refractivity contribution < 1.29 is 19.5 Å². The predicted molar refractivity (Wildman–Crippen MR) is 80.4 cm³/mol. The highest BCUT2D eigenvalue weighted by molar-refractivity contribution is 8.15. The number of carbonyl (C=O) groups is 3. The van der Waals surface area contributed by atoms with Crippen LogP contribution >= 0.6 is 11.8 Å². The van der Waals surface area contributed by atoms with E-state index in [1.807, 2.05) is 6.92 Å². The van der Waals surface area contributed by atoms with Crippen LogP contribution in [0, 0.1) is 0 Å². The van der Waals surface area contributed by atoms with Crippen LogP contribution in [-0.2, 0) is 4.79 Å². The maximum absolute atomic E-state index is 12.2.